The van der Waals surface area contributed by atoms with Gasteiger partial charge in [0.15, 0.2) is 0 Å². The molecule has 0 saturated heterocycles. The number of halogens is 4. The van der Waals surface area contributed by atoms with Crippen molar-refractivity contribution in [2.45, 2.75) is 19.4 Å². The van der Waals surface area contributed by atoms with E-state index in [4.69, 9.17) is 11.6 Å². The second-order valence-electron chi connectivity index (χ2n) is 4.75. The molecule has 2 aromatic rings. The SMILES string of the molecule is CCNC(Cc1ccc(Br)cc1Cl)c1cc(Br)cc(Br)c1. The van der Waals surface area contributed by atoms with E-state index in [1.54, 1.807) is 0 Å². The zero-order valence-corrected chi connectivity index (χ0v) is 17.0. The van der Waals surface area contributed by atoms with Crippen LogP contribution in [-0.4, -0.2) is 6.54 Å². The molecule has 0 saturated carbocycles. The highest BCUT2D eigenvalue weighted by Gasteiger charge is 2.14. The molecule has 1 unspecified atom stereocenters. The molecule has 112 valence electrons. The van der Waals surface area contributed by atoms with E-state index >= 15 is 0 Å². The summed E-state index contributed by atoms with van der Waals surface area (Å²) in [6.45, 7) is 3.02. The van der Waals surface area contributed by atoms with Gasteiger partial charge in [0.25, 0.3) is 0 Å². The summed E-state index contributed by atoms with van der Waals surface area (Å²) < 4.78 is 3.13. The fraction of sp³-hybridized carbons (Fsp3) is 0.250. The van der Waals surface area contributed by atoms with E-state index in [0.29, 0.717) is 0 Å². The molecule has 0 bridgehead atoms. The van der Waals surface area contributed by atoms with Crippen molar-refractivity contribution in [1.82, 2.24) is 5.32 Å². The molecule has 0 fully saturated rings. The Kier molecular flexibility index (Phi) is 6.76. The Balaban J connectivity index is 2.30. The zero-order valence-electron chi connectivity index (χ0n) is 11.5. The minimum Gasteiger partial charge on any atom is -0.310 e. The average Bonchev–Trinajstić information content (AvgIpc) is 2.40. The predicted molar refractivity (Wildman–Crippen MR) is 101 cm³/mol. The van der Waals surface area contributed by atoms with Crippen LogP contribution >= 0.6 is 59.4 Å². The first-order valence-corrected chi connectivity index (χ1v) is 9.38. The molecule has 0 amide bonds. The topological polar surface area (TPSA) is 12.0 Å². The van der Waals surface area contributed by atoms with E-state index in [-0.39, 0.29) is 6.04 Å². The second-order valence-corrected chi connectivity index (χ2v) is 7.91. The van der Waals surface area contributed by atoms with Crippen LogP contribution in [0.15, 0.2) is 49.8 Å². The quantitative estimate of drug-likeness (QED) is 0.497. The van der Waals surface area contributed by atoms with Crippen molar-refractivity contribution >= 4 is 59.4 Å². The van der Waals surface area contributed by atoms with Crippen molar-refractivity contribution < 1.29 is 0 Å². The molecular formula is C16H15Br3ClN. The first-order valence-electron chi connectivity index (χ1n) is 6.63. The largest absolute Gasteiger partial charge is 0.310 e. The summed E-state index contributed by atoms with van der Waals surface area (Å²) in [4.78, 5) is 0. The highest BCUT2D eigenvalue weighted by Crippen LogP contribution is 2.29. The number of hydrogen-bond acceptors (Lipinski definition) is 1. The van der Waals surface area contributed by atoms with Crippen LogP contribution < -0.4 is 5.32 Å². The standard InChI is InChI=1S/C16H15Br3ClN/c1-2-21-16(11-5-13(18)8-14(19)6-11)7-10-3-4-12(17)9-15(10)20/h3-6,8-9,16,21H,2,7H2,1H3. The van der Waals surface area contributed by atoms with Crippen LogP contribution in [0.5, 0.6) is 0 Å². The van der Waals surface area contributed by atoms with Gasteiger partial charge in [0.2, 0.25) is 0 Å². The fourth-order valence-corrected chi connectivity index (χ4v) is 4.32. The fourth-order valence-electron chi connectivity index (χ4n) is 2.24. The number of rotatable bonds is 5. The van der Waals surface area contributed by atoms with E-state index < -0.39 is 0 Å². The van der Waals surface area contributed by atoms with Gasteiger partial charge in [-0.2, -0.15) is 0 Å². The van der Waals surface area contributed by atoms with Crippen molar-refractivity contribution in [3.05, 3.63) is 66.0 Å². The highest BCUT2D eigenvalue weighted by atomic mass is 79.9. The van der Waals surface area contributed by atoms with Crippen LogP contribution in [-0.2, 0) is 6.42 Å². The molecule has 0 aromatic heterocycles. The molecule has 0 radical (unpaired) electrons. The number of nitrogens with one attached hydrogen (secondary N) is 1. The van der Waals surface area contributed by atoms with Crippen LogP contribution in [0.4, 0.5) is 0 Å². The van der Waals surface area contributed by atoms with Crippen molar-refractivity contribution in [3.63, 3.8) is 0 Å². The van der Waals surface area contributed by atoms with Gasteiger partial charge in [-0.05, 0) is 54.4 Å². The van der Waals surface area contributed by atoms with E-state index in [1.807, 2.05) is 18.2 Å². The third-order valence-corrected chi connectivity index (χ3v) is 4.94. The van der Waals surface area contributed by atoms with Gasteiger partial charge in [-0.3, -0.25) is 0 Å². The summed E-state index contributed by atoms with van der Waals surface area (Å²) >= 11 is 16.9. The zero-order chi connectivity index (χ0) is 15.4. The summed E-state index contributed by atoms with van der Waals surface area (Å²) in [5.74, 6) is 0. The monoisotopic (exact) mass is 493 g/mol. The van der Waals surface area contributed by atoms with Gasteiger partial charge in [-0.25, -0.2) is 0 Å². The lowest BCUT2D eigenvalue weighted by atomic mass is 9.99. The third kappa shape index (κ3) is 5.07. The second kappa shape index (κ2) is 8.11. The number of likely N-dealkylation sites (N-methyl/N-ethyl adjacent to an activating group) is 1. The van der Waals surface area contributed by atoms with Crippen LogP contribution in [0, 0.1) is 0 Å². The Labute approximate surface area is 155 Å². The normalized spacial score (nSPS) is 12.4. The van der Waals surface area contributed by atoms with Gasteiger partial charge >= 0.3 is 0 Å². The van der Waals surface area contributed by atoms with E-state index in [9.17, 15) is 0 Å². The first kappa shape index (κ1) is 17.5. The van der Waals surface area contributed by atoms with Crippen LogP contribution in [0.1, 0.15) is 24.1 Å². The van der Waals surface area contributed by atoms with Gasteiger partial charge in [0, 0.05) is 24.5 Å². The molecule has 1 N–H and O–H groups in total. The van der Waals surface area contributed by atoms with Crippen molar-refractivity contribution in [1.29, 1.82) is 0 Å². The maximum Gasteiger partial charge on any atom is 0.0449 e. The van der Waals surface area contributed by atoms with E-state index in [2.05, 4.69) is 78.2 Å². The van der Waals surface area contributed by atoms with Gasteiger partial charge in [-0.1, -0.05) is 72.4 Å². The van der Waals surface area contributed by atoms with Crippen LogP contribution in [0.2, 0.25) is 5.02 Å². The molecule has 0 aliphatic carbocycles. The summed E-state index contributed by atoms with van der Waals surface area (Å²) in [6.07, 6.45) is 0.850. The third-order valence-electron chi connectivity index (χ3n) is 3.18. The van der Waals surface area contributed by atoms with Crippen molar-refractivity contribution in [2.24, 2.45) is 0 Å². The number of benzene rings is 2. The van der Waals surface area contributed by atoms with E-state index in [1.165, 1.54) is 5.56 Å². The molecule has 0 aliphatic heterocycles. The Morgan fingerprint density at radius 2 is 1.67 bits per heavy atom. The predicted octanol–water partition coefficient (Wildman–Crippen LogP) is 6.52. The Morgan fingerprint density at radius 1 is 1.00 bits per heavy atom. The van der Waals surface area contributed by atoms with Crippen molar-refractivity contribution in [3.8, 4) is 0 Å². The summed E-state index contributed by atoms with van der Waals surface area (Å²) in [6, 6.07) is 12.6. The molecule has 1 nitrogen and oxygen atoms in total. The maximum absolute atomic E-state index is 6.35. The minimum absolute atomic E-state index is 0.225. The van der Waals surface area contributed by atoms with E-state index in [0.717, 1.165) is 37.0 Å². The van der Waals surface area contributed by atoms with Crippen LogP contribution in [0.3, 0.4) is 0 Å². The lowest BCUT2D eigenvalue weighted by Gasteiger charge is -2.20. The summed E-state index contributed by atoms with van der Waals surface area (Å²) in [7, 11) is 0. The Hall–Kier alpha value is 0.130. The van der Waals surface area contributed by atoms with Gasteiger partial charge in [0.05, 0.1) is 0 Å². The van der Waals surface area contributed by atoms with Gasteiger partial charge in [-0.15, -0.1) is 0 Å². The Morgan fingerprint density at radius 3 is 2.24 bits per heavy atom. The lowest BCUT2D eigenvalue weighted by Crippen LogP contribution is -2.23. The molecule has 0 heterocycles. The average molecular weight is 496 g/mol. The number of hydrogen-bond donors (Lipinski definition) is 1. The molecule has 1 atom stereocenters. The molecule has 2 rings (SSSR count). The summed E-state index contributed by atoms with van der Waals surface area (Å²) in [5.41, 5.74) is 2.37. The molecule has 0 aliphatic rings. The van der Waals surface area contributed by atoms with Crippen molar-refractivity contribution in [2.75, 3.05) is 6.54 Å². The molecular weight excluding hydrogens is 481 g/mol. The molecule has 0 spiro atoms. The smallest absolute Gasteiger partial charge is 0.0449 e. The molecule has 5 heteroatoms. The Bertz CT molecular complexity index is 611. The van der Waals surface area contributed by atoms with Gasteiger partial charge < -0.3 is 5.32 Å². The van der Waals surface area contributed by atoms with Gasteiger partial charge in [0.1, 0.15) is 0 Å². The first-order chi connectivity index (χ1) is 9.99. The molecule has 2 aromatic carbocycles. The molecule has 21 heavy (non-hydrogen) atoms. The lowest BCUT2D eigenvalue weighted by molar-refractivity contribution is 0.549. The van der Waals surface area contributed by atoms with Crippen LogP contribution in [0.25, 0.3) is 0 Å². The highest BCUT2D eigenvalue weighted by molar-refractivity contribution is 9.11. The summed E-state index contributed by atoms with van der Waals surface area (Å²) in [5, 5.41) is 4.32. The minimum atomic E-state index is 0.225. The maximum atomic E-state index is 6.35.